The molecule has 0 unspecified atom stereocenters. The molecule has 1 aromatic carbocycles. The third-order valence-electron chi connectivity index (χ3n) is 3.63. The lowest BCUT2D eigenvalue weighted by Gasteiger charge is -2.05. The normalized spacial score (nSPS) is 11.0. The van der Waals surface area contributed by atoms with Crippen molar-refractivity contribution < 1.29 is 9.26 Å². The summed E-state index contributed by atoms with van der Waals surface area (Å²) in [6.45, 7) is 2.50. The number of nitrogen functional groups attached to an aromatic ring is 1. The highest BCUT2D eigenvalue weighted by Crippen LogP contribution is 2.29. The predicted molar refractivity (Wildman–Crippen MR) is 104 cm³/mol. The number of hydrogen-bond acceptors (Lipinski definition) is 9. The number of hydrogen-bond donors (Lipinski definition) is 1. The van der Waals surface area contributed by atoms with Crippen molar-refractivity contribution in [3.05, 3.63) is 47.7 Å². The first kappa shape index (κ1) is 17.6. The van der Waals surface area contributed by atoms with Crippen LogP contribution < -0.4 is 10.6 Å². The largest absolute Gasteiger partial charge is 0.493 e. The van der Waals surface area contributed by atoms with Gasteiger partial charge in [-0.3, -0.25) is 0 Å². The average Bonchev–Trinajstić information content (AvgIpc) is 3.42. The Morgan fingerprint density at radius 2 is 2.11 bits per heavy atom. The number of thioether (sulfide) groups is 1. The lowest BCUT2D eigenvalue weighted by molar-refractivity contribution is 0.341. The molecule has 0 bridgehead atoms. The van der Waals surface area contributed by atoms with Crippen LogP contribution in [-0.2, 0) is 5.75 Å². The van der Waals surface area contributed by atoms with E-state index in [0.29, 0.717) is 35.1 Å². The number of aromatic nitrogens is 5. The number of para-hydroxylation sites is 1. The molecular weight excluding hydrogens is 384 g/mol. The molecule has 0 radical (unpaired) electrons. The van der Waals surface area contributed by atoms with Gasteiger partial charge < -0.3 is 15.1 Å². The predicted octanol–water partition coefficient (Wildman–Crippen LogP) is 3.46. The molecule has 0 fully saturated rings. The number of ether oxygens (including phenoxy) is 1. The molecule has 0 saturated carbocycles. The van der Waals surface area contributed by atoms with Gasteiger partial charge in [0, 0.05) is 0 Å². The van der Waals surface area contributed by atoms with E-state index in [9.17, 15) is 0 Å². The van der Waals surface area contributed by atoms with Crippen molar-refractivity contribution in [3.8, 4) is 27.8 Å². The summed E-state index contributed by atoms with van der Waals surface area (Å²) in [5.41, 5.74) is 0.793. The van der Waals surface area contributed by atoms with Gasteiger partial charge >= 0.3 is 0 Å². The van der Waals surface area contributed by atoms with Crippen molar-refractivity contribution in [2.24, 2.45) is 0 Å². The van der Waals surface area contributed by atoms with Gasteiger partial charge in [-0.05, 0) is 30.5 Å². The second-order valence-electron chi connectivity index (χ2n) is 5.38. The second-order valence-corrected chi connectivity index (χ2v) is 7.27. The van der Waals surface area contributed by atoms with Gasteiger partial charge in [-0.1, -0.05) is 35.1 Å². The zero-order valence-electron chi connectivity index (χ0n) is 14.4. The summed E-state index contributed by atoms with van der Waals surface area (Å²) in [5, 5.41) is 14.9. The zero-order chi connectivity index (χ0) is 18.6. The maximum Gasteiger partial charge on any atom is 0.237 e. The minimum atomic E-state index is 0.434. The molecule has 0 saturated heterocycles. The van der Waals surface area contributed by atoms with E-state index in [1.807, 2.05) is 48.7 Å². The Bertz CT molecular complexity index is 1030. The highest BCUT2D eigenvalue weighted by molar-refractivity contribution is 7.98. The molecule has 138 valence electrons. The Morgan fingerprint density at radius 3 is 2.93 bits per heavy atom. The van der Waals surface area contributed by atoms with E-state index >= 15 is 0 Å². The fourth-order valence-corrected chi connectivity index (χ4v) is 3.83. The first-order valence-electron chi connectivity index (χ1n) is 8.18. The third-order valence-corrected chi connectivity index (χ3v) is 5.42. The van der Waals surface area contributed by atoms with Crippen LogP contribution in [0.25, 0.3) is 22.1 Å². The SMILES string of the molecule is CCOc1ccccc1-c1noc(CSc2nnc(-c3cccs3)n2N)n1. The minimum Gasteiger partial charge on any atom is -0.493 e. The number of benzene rings is 1. The summed E-state index contributed by atoms with van der Waals surface area (Å²) in [5.74, 6) is 8.85. The topological polar surface area (TPSA) is 105 Å². The molecule has 0 spiro atoms. The van der Waals surface area contributed by atoms with Gasteiger partial charge in [0.1, 0.15) is 5.75 Å². The minimum absolute atomic E-state index is 0.434. The van der Waals surface area contributed by atoms with Crippen LogP contribution in [0.3, 0.4) is 0 Å². The summed E-state index contributed by atoms with van der Waals surface area (Å²) in [7, 11) is 0. The fourth-order valence-electron chi connectivity index (χ4n) is 2.43. The van der Waals surface area contributed by atoms with Gasteiger partial charge in [0.05, 0.1) is 22.8 Å². The molecule has 4 rings (SSSR count). The quantitative estimate of drug-likeness (QED) is 0.371. The smallest absolute Gasteiger partial charge is 0.237 e. The van der Waals surface area contributed by atoms with E-state index in [2.05, 4.69) is 20.3 Å². The lowest BCUT2D eigenvalue weighted by atomic mass is 10.2. The standard InChI is InChI=1S/C17H16N6O2S2/c1-2-24-12-7-4-3-6-11(12)15-19-14(25-22-15)10-27-17-21-20-16(23(17)18)13-8-5-9-26-13/h3-9H,2,10,18H2,1H3. The molecule has 0 atom stereocenters. The van der Waals surface area contributed by atoms with E-state index in [4.69, 9.17) is 15.1 Å². The van der Waals surface area contributed by atoms with Crippen molar-refractivity contribution in [1.29, 1.82) is 0 Å². The first-order chi connectivity index (χ1) is 13.3. The van der Waals surface area contributed by atoms with E-state index < -0.39 is 0 Å². The molecule has 0 aliphatic carbocycles. The van der Waals surface area contributed by atoms with E-state index in [1.54, 1.807) is 11.3 Å². The van der Waals surface area contributed by atoms with Crippen molar-refractivity contribution in [1.82, 2.24) is 25.0 Å². The molecule has 10 heteroatoms. The van der Waals surface area contributed by atoms with Crippen LogP contribution in [0.2, 0.25) is 0 Å². The van der Waals surface area contributed by atoms with Crippen molar-refractivity contribution >= 4 is 23.1 Å². The van der Waals surface area contributed by atoms with Gasteiger partial charge in [-0.2, -0.15) is 4.98 Å². The number of nitrogens with zero attached hydrogens (tertiary/aromatic N) is 5. The summed E-state index contributed by atoms with van der Waals surface area (Å²) in [4.78, 5) is 5.41. The Kier molecular flexibility index (Phi) is 5.07. The molecule has 27 heavy (non-hydrogen) atoms. The molecule has 8 nitrogen and oxygen atoms in total. The lowest BCUT2D eigenvalue weighted by Crippen LogP contribution is -2.11. The second kappa shape index (κ2) is 7.80. The van der Waals surface area contributed by atoms with Gasteiger partial charge in [-0.25, -0.2) is 4.68 Å². The highest BCUT2D eigenvalue weighted by Gasteiger charge is 2.16. The number of rotatable bonds is 7. The Hall–Kier alpha value is -2.85. The molecule has 0 aliphatic rings. The van der Waals surface area contributed by atoms with Crippen LogP contribution in [0.5, 0.6) is 5.75 Å². The number of nitrogens with two attached hydrogens (primary N) is 1. The van der Waals surface area contributed by atoms with Crippen LogP contribution in [0.15, 0.2) is 51.5 Å². The van der Waals surface area contributed by atoms with Gasteiger partial charge in [0.2, 0.25) is 16.9 Å². The Balaban J connectivity index is 1.48. The van der Waals surface area contributed by atoms with Crippen molar-refractivity contribution in [3.63, 3.8) is 0 Å². The van der Waals surface area contributed by atoms with E-state index in [-0.39, 0.29) is 0 Å². The van der Waals surface area contributed by atoms with Crippen LogP contribution >= 0.6 is 23.1 Å². The van der Waals surface area contributed by atoms with Crippen LogP contribution in [-0.4, -0.2) is 31.6 Å². The molecule has 0 aliphatic heterocycles. The fraction of sp³-hybridized carbons (Fsp3) is 0.176. The summed E-state index contributed by atoms with van der Waals surface area (Å²) >= 11 is 2.94. The summed E-state index contributed by atoms with van der Waals surface area (Å²) in [6, 6.07) is 11.5. The summed E-state index contributed by atoms with van der Waals surface area (Å²) < 4.78 is 12.4. The molecule has 2 N–H and O–H groups in total. The molecule has 3 aromatic heterocycles. The Labute approximate surface area is 163 Å². The van der Waals surface area contributed by atoms with Crippen molar-refractivity contribution in [2.45, 2.75) is 17.8 Å². The maximum absolute atomic E-state index is 6.10. The maximum atomic E-state index is 6.10. The molecule has 0 amide bonds. The summed E-state index contributed by atoms with van der Waals surface area (Å²) in [6.07, 6.45) is 0. The van der Waals surface area contributed by atoms with E-state index in [0.717, 1.165) is 16.2 Å². The molecule has 4 aromatic rings. The molecular formula is C17H16N6O2S2. The van der Waals surface area contributed by atoms with Crippen LogP contribution in [0.4, 0.5) is 0 Å². The number of thiophene rings is 1. The molecule has 3 heterocycles. The van der Waals surface area contributed by atoms with Crippen LogP contribution in [0, 0.1) is 0 Å². The van der Waals surface area contributed by atoms with Crippen LogP contribution in [0.1, 0.15) is 12.8 Å². The monoisotopic (exact) mass is 400 g/mol. The van der Waals surface area contributed by atoms with Gasteiger partial charge in [0.15, 0.2) is 5.82 Å². The Morgan fingerprint density at radius 1 is 1.22 bits per heavy atom. The van der Waals surface area contributed by atoms with E-state index in [1.165, 1.54) is 16.4 Å². The van der Waals surface area contributed by atoms with Gasteiger partial charge in [0.25, 0.3) is 0 Å². The highest BCUT2D eigenvalue weighted by atomic mass is 32.2. The van der Waals surface area contributed by atoms with Gasteiger partial charge in [-0.15, -0.1) is 21.5 Å². The van der Waals surface area contributed by atoms with Crippen molar-refractivity contribution in [2.75, 3.05) is 12.4 Å². The third kappa shape index (κ3) is 3.67. The average molecular weight is 400 g/mol. The zero-order valence-corrected chi connectivity index (χ0v) is 16.0. The first-order valence-corrected chi connectivity index (χ1v) is 10.0.